The van der Waals surface area contributed by atoms with Crippen LogP contribution in [0.15, 0.2) is 41.0 Å². The van der Waals surface area contributed by atoms with Crippen LogP contribution in [0.3, 0.4) is 0 Å². The highest BCUT2D eigenvalue weighted by atomic mass is 79.9. The zero-order valence-corrected chi connectivity index (χ0v) is 14.8. The van der Waals surface area contributed by atoms with Gasteiger partial charge in [0.05, 0.1) is 10.0 Å². The minimum atomic E-state index is 0.174. The molecule has 2 nitrogen and oxygen atoms in total. The van der Waals surface area contributed by atoms with Crippen LogP contribution >= 0.6 is 39.1 Å². The number of rotatable bonds is 6. The Kier molecular flexibility index (Phi) is 6.49. The first-order chi connectivity index (χ1) is 10.1. The van der Waals surface area contributed by atoms with Gasteiger partial charge in [0.2, 0.25) is 0 Å². The van der Waals surface area contributed by atoms with E-state index in [1.165, 1.54) is 0 Å². The van der Waals surface area contributed by atoms with Gasteiger partial charge in [-0.3, -0.25) is 4.98 Å². The quantitative estimate of drug-likeness (QED) is 0.714. The Balaban J connectivity index is 2.20. The Morgan fingerprint density at radius 2 is 2.00 bits per heavy atom. The molecule has 1 atom stereocenters. The number of nitrogens with zero attached hydrogens (tertiary/aromatic N) is 1. The fraction of sp³-hybridized carbons (Fsp3) is 0.312. The van der Waals surface area contributed by atoms with Crippen LogP contribution in [-0.2, 0) is 6.42 Å². The molecule has 1 N–H and O–H groups in total. The second-order valence-corrected chi connectivity index (χ2v) is 6.58. The summed E-state index contributed by atoms with van der Waals surface area (Å²) in [7, 11) is 0. The van der Waals surface area contributed by atoms with Crippen LogP contribution in [0.1, 0.15) is 30.6 Å². The van der Waals surface area contributed by atoms with Crippen molar-refractivity contribution in [1.82, 2.24) is 10.3 Å². The SMILES string of the molecule is CCCNC(Cc1ccc(Br)cn1)c1ccc(Cl)c(Cl)c1. The van der Waals surface area contributed by atoms with E-state index in [4.69, 9.17) is 23.2 Å². The van der Waals surface area contributed by atoms with Crippen LogP contribution in [0.25, 0.3) is 0 Å². The highest BCUT2D eigenvalue weighted by molar-refractivity contribution is 9.10. The maximum Gasteiger partial charge on any atom is 0.0595 e. The molecular formula is C16H17BrCl2N2. The number of aromatic nitrogens is 1. The number of nitrogens with one attached hydrogen (secondary N) is 1. The van der Waals surface area contributed by atoms with Gasteiger partial charge >= 0.3 is 0 Å². The van der Waals surface area contributed by atoms with Crippen LogP contribution in [-0.4, -0.2) is 11.5 Å². The van der Waals surface area contributed by atoms with Gasteiger partial charge < -0.3 is 5.32 Å². The first kappa shape index (κ1) is 16.8. The van der Waals surface area contributed by atoms with E-state index in [-0.39, 0.29) is 6.04 Å². The number of benzene rings is 1. The van der Waals surface area contributed by atoms with Gasteiger partial charge in [-0.2, -0.15) is 0 Å². The summed E-state index contributed by atoms with van der Waals surface area (Å²) >= 11 is 15.5. The molecule has 1 unspecified atom stereocenters. The molecule has 1 aromatic heterocycles. The molecule has 0 spiro atoms. The molecule has 0 aliphatic rings. The zero-order chi connectivity index (χ0) is 15.2. The lowest BCUT2D eigenvalue weighted by molar-refractivity contribution is 0.524. The maximum atomic E-state index is 6.13. The summed E-state index contributed by atoms with van der Waals surface area (Å²) in [6, 6.07) is 10.00. The third-order valence-corrected chi connectivity index (χ3v) is 4.40. The first-order valence-electron chi connectivity index (χ1n) is 6.89. The van der Waals surface area contributed by atoms with Crippen molar-refractivity contribution < 1.29 is 0 Å². The fourth-order valence-electron chi connectivity index (χ4n) is 2.09. The molecule has 112 valence electrons. The predicted octanol–water partition coefficient (Wildman–Crippen LogP) is 5.43. The van der Waals surface area contributed by atoms with Gasteiger partial charge in [0.25, 0.3) is 0 Å². The molecule has 0 radical (unpaired) electrons. The molecule has 0 saturated carbocycles. The van der Waals surface area contributed by atoms with Gasteiger partial charge in [0.15, 0.2) is 0 Å². The Hall–Kier alpha value is -0.610. The van der Waals surface area contributed by atoms with Gasteiger partial charge in [-0.15, -0.1) is 0 Å². The van der Waals surface area contributed by atoms with Crippen molar-refractivity contribution in [2.24, 2.45) is 0 Å². The zero-order valence-electron chi connectivity index (χ0n) is 11.7. The lowest BCUT2D eigenvalue weighted by Gasteiger charge is -2.19. The van der Waals surface area contributed by atoms with E-state index in [0.717, 1.165) is 35.1 Å². The number of hydrogen-bond acceptors (Lipinski definition) is 2. The van der Waals surface area contributed by atoms with Crippen LogP contribution in [0.4, 0.5) is 0 Å². The topological polar surface area (TPSA) is 24.9 Å². The molecule has 5 heteroatoms. The molecule has 1 aromatic carbocycles. The van der Waals surface area contributed by atoms with Crippen LogP contribution in [0.2, 0.25) is 10.0 Å². The molecule has 0 aliphatic carbocycles. The van der Waals surface area contributed by atoms with Crippen LogP contribution in [0, 0.1) is 0 Å². The molecule has 2 aromatic rings. The van der Waals surface area contributed by atoms with E-state index in [1.807, 2.05) is 36.5 Å². The van der Waals surface area contributed by atoms with Crippen molar-refractivity contribution in [3.05, 3.63) is 62.3 Å². The summed E-state index contributed by atoms with van der Waals surface area (Å²) in [5, 5.41) is 4.71. The van der Waals surface area contributed by atoms with E-state index in [0.29, 0.717) is 10.0 Å². The Labute approximate surface area is 144 Å². The number of pyridine rings is 1. The van der Waals surface area contributed by atoms with Crippen LogP contribution in [0.5, 0.6) is 0 Å². The minimum Gasteiger partial charge on any atom is -0.310 e. The highest BCUT2D eigenvalue weighted by Crippen LogP contribution is 2.27. The third-order valence-electron chi connectivity index (χ3n) is 3.19. The van der Waals surface area contributed by atoms with Gasteiger partial charge in [0, 0.05) is 28.8 Å². The molecule has 1 heterocycles. The Bertz CT molecular complexity index is 587. The third kappa shape index (κ3) is 4.96. The monoisotopic (exact) mass is 386 g/mol. The van der Waals surface area contributed by atoms with Crippen molar-refractivity contribution in [2.45, 2.75) is 25.8 Å². The summed E-state index contributed by atoms with van der Waals surface area (Å²) in [6.07, 6.45) is 3.71. The summed E-state index contributed by atoms with van der Waals surface area (Å²) < 4.78 is 0.985. The van der Waals surface area contributed by atoms with E-state index in [9.17, 15) is 0 Å². The van der Waals surface area contributed by atoms with Crippen molar-refractivity contribution >= 4 is 39.1 Å². The second-order valence-electron chi connectivity index (χ2n) is 4.85. The average Bonchev–Trinajstić information content (AvgIpc) is 2.48. The predicted molar refractivity (Wildman–Crippen MR) is 93.1 cm³/mol. The summed E-state index contributed by atoms with van der Waals surface area (Å²) in [6.45, 7) is 3.10. The van der Waals surface area contributed by atoms with Crippen molar-refractivity contribution in [1.29, 1.82) is 0 Å². The van der Waals surface area contributed by atoms with Crippen molar-refractivity contribution in [2.75, 3.05) is 6.54 Å². The fourth-order valence-corrected chi connectivity index (χ4v) is 2.63. The normalized spacial score (nSPS) is 12.4. The van der Waals surface area contributed by atoms with Gasteiger partial charge in [-0.1, -0.05) is 36.2 Å². The van der Waals surface area contributed by atoms with E-state index in [1.54, 1.807) is 0 Å². The van der Waals surface area contributed by atoms with Gasteiger partial charge in [-0.05, 0) is 58.7 Å². The molecule has 0 amide bonds. The first-order valence-corrected chi connectivity index (χ1v) is 8.43. The molecule has 0 saturated heterocycles. The summed E-state index contributed by atoms with van der Waals surface area (Å²) in [5.41, 5.74) is 2.17. The lowest BCUT2D eigenvalue weighted by Crippen LogP contribution is -2.24. The van der Waals surface area contributed by atoms with E-state index < -0.39 is 0 Å². The minimum absolute atomic E-state index is 0.174. The maximum absolute atomic E-state index is 6.13. The molecule has 0 bridgehead atoms. The Morgan fingerprint density at radius 3 is 2.62 bits per heavy atom. The highest BCUT2D eigenvalue weighted by Gasteiger charge is 2.13. The number of hydrogen-bond donors (Lipinski definition) is 1. The molecule has 0 aliphatic heterocycles. The molecule has 2 rings (SSSR count). The Morgan fingerprint density at radius 1 is 1.19 bits per heavy atom. The standard InChI is InChI=1S/C16H17BrCl2N2/c1-2-7-20-16(9-13-5-4-12(17)10-21-13)11-3-6-14(18)15(19)8-11/h3-6,8,10,16,20H,2,7,9H2,1H3. The molecule has 21 heavy (non-hydrogen) atoms. The van der Waals surface area contributed by atoms with Crippen molar-refractivity contribution in [3.63, 3.8) is 0 Å². The lowest BCUT2D eigenvalue weighted by atomic mass is 10.0. The smallest absolute Gasteiger partial charge is 0.0595 e. The van der Waals surface area contributed by atoms with E-state index in [2.05, 4.69) is 33.2 Å². The van der Waals surface area contributed by atoms with Gasteiger partial charge in [-0.25, -0.2) is 0 Å². The summed E-state index contributed by atoms with van der Waals surface area (Å²) in [5.74, 6) is 0. The van der Waals surface area contributed by atoms with Crippen molar-refractivity contribution in [3.8, 4) is 0 Å². The largest absolute Gasteiger partial charge is 0.310 e. The summed E-state index contributed by atoms with van der Waals surface area (Å²) in [4.78, 5) is 4.45. The van der Waals surface area contributed by atoms with Crippen LogP contribution < -0.4 is 5.32 Å². The molecule has 0 fully saturated rings. The second kappa shape index (κ2) is 8.14. The van der Waals surface area contributed by atoms with E-state index >= 15 is 0 Å². The average molecular weight is 388 g/mol. The molecular weight excluding hydrogens is 371 g/mol. The van der Waals surface area contributed by atoms with Gasteiger partial charge in [0.1, 0.15) is 0 Å². The number of halogens is 3.